The van der Waals surface area contributed by atoms with Crippen LogP contribution in [0.2, 0.25) is 0 Å². The number of fused-ring (bicyclic) bond motifs is 2. The van der Waals surface area contributed by atoms with Crippen molar-refractivity contribution in [2.45, 2.75) is 65.7 Å². The van der Waals surface area contributed by atoms with Crippen molar-refractivity contribution in [3.8, 4) is 0 Å². The van der Waals surface area contributed by atoms with Gasteiger partial charge in [0.1, 0.15) is 11.2 Å². The van der Waals surface area contributed by atoms with Crippen LogP contribution in [-0.4, -0.2) is 29.8 Å². The Kier molecular flexibility index (Phi) is 5.85. The van der Waals surface area contributed by atoms with E-state index >= 15 is 0 Å². The molecule has 1 fully saturated rings. The molecule has 0 spiro atoms. The molecule has 2 amide bonds. The largest absolute Gasteiger partial charge is 0.464 e. The molecule has 33 heavy (non-hydrogen) atoms. The van der Waals surface area contributed by atoms with E-state index in [9.17, 15) is 14.4 Å². The van der Waals surface area contributed by atoms with Crippen molar-refractivity contribution in [2.24, 2.45) is 11.7 Å². The minimum absolute atomic E-state index is 0.0201. The van der Waals surface area contributed by atoms with E-state index in [1.807, 2.05) is 19.9 Å². The van der Waals surface area contributed by atoms with Gasteiger partial charge in [0.2, 0.25) is 11.8 Å². The molecule has 2 aromatic heterocycles. The van der Waals surface area contributed by atoms with Crippen molar-refractivity contribution in [2.75, 3.05) is 13.1 Å². The molecule has 0 saturated carbocycles. The third-order valence-corrected chi connectivity index (χ3v) is 6.99. The summed E-state index contributed by atoms with van der Waals surface area (Å²) in [5.74, 6) is -0.485. The van der Waals surface area contributed by atoms with Crippen molar-refractivity contribution < 1.29 is 18.4 Å². The Labute approximate surface area is 192 Å². The van der Waals surface area contributed by atoms with Crippen LogP contribution in [0.5, 0.6) is 0 Å². The Morgan fingerprint density at radius 3 is 2.36 bits per heavy atom. The lowest BCUT2D eigenvalue weighted by molar-refractivity contribution is -0.134. The summed E-state index contributed by atoms with van der Waals surface area (Å²) >= 11 is 0. The van der Waals surface area contributed by atoms with E-state index in [4.69, 9.17) is 14.6 Å². The molecule has 3 aromatic rings. The molecule has 4 rings (SSSR count). The van der Waals surface area contributed by atoms with Gasteiger partial charge in [0, 0.05) is 52.9 Å². The average Bonchev–Trinajstić information content (AvgIpc) is 3.19. The number of rotatable bonds is 4. The summed E-state index contributed by atoms with van der Waals surface area (Å²) in [5, 5.41) is 1.89. The average molecular weight is 453 g/mol. The van der Waals surface area contributed by atoms with E-state index in [0.29, 0.717) is 43.5 Å². The smallest absolute Gasteiger partial charge is 0.339 e. The highest BCUT2D eigenvalue weighted by molar-refractivity contribution is 6.00. The van der Waals surface area contributed by atoms with Gasteiger partial charge in [0.05, 0.1) is 6.26 Å². The van der Waals surface area contributed by atoms with Crippen LogP contribution in [-0.2, 0) is 21.4 Å². The summed E-state index contributed by atoms with van der Waals surface area (Å²) < 4.78 is 11.6. The summed E-state index contributed by atoms with van der Waals surface area (Å²) in [5.41, 5.74) is 9.42. The predicted octanol–water partition coefficient (Wildman–Crippen LogP) is 4.11. The first-order valence-electron chi connectivity index (χ1n) is 11.5. The molecule has 0 aliphatic carbocycles. The Balaban J connectivity index is 1.63. The zero-order chi connectivity index (χ0) is 24.1. The maximum Gasteiger partial charge on any atom is 0.339 e. The number of hydrogen-bond acceptors (Lipinski definition) is 5. The molecule has 1 aromatic carbocycles. The van der Waals surface area contributed by atoms with E-state index in [2.05, 4.69) is 20.8 Å². The maximum absolute atomic E-state index is 12.8. The van der Waals surface area contributed by atoms with Crippen molar-refractivity contribution in [3.05, 3.63) is 45.0 Å². The number of primary amides is 1. The second kappa shape index (κ2) is 8.36. The zero-order valence-electron chi connectivity index (χ0n) is 20.0. The molecular weight excluding hydrogens is 420 g/mol. The minimum atomic E-state index is -0.412. The number of benzene rings is 1. The SMILES string of the molecule is Cc1c(CCC(=O)N2CCC(C(N)=O)CC2)c(=O)oc2c(C)c3occ(C(C)(C)C)c3cc12. The highest BCUT2D eigenvalue weighted by Gasteiger charge is 2.27. The fourth-order valence-corrected chi connectivity index (χ4v) is 4.87. The molecule has 7 nitrogen and oxygen atoms in total. The Morgan fingerprint density at radius 1 is 1.09 bits per heavy atom. The van der Waals surface area contributed by atoms with Crippen LogP contribution in [0.1, 0.15) is 62.3 Å². The van der Waals surface area contributed by atoms with Crippen LogP contribution >= 0.6 is 0 Å². The Morgan fingerprint density at radius 2 is 1.76 bits per heavy atom. The predicted molar refractivity (Wildman–Crippen MR) is 127 cm³/mol. The topological polar surface area (TPSA) is 107 Å². The van der Waals surface area contributed by atoms with Gasteiger partial charge in [-0.3, -0.25) is 9.59 Å². The standard InChI is InChI=1S/C26H32N2O5/c1-14-17(6-7-21(29)28-10-8-16(9-11-28)24(27)30)25(31)33-23-15(2)22-19(12-18(14)23)20(13-32-22)26(3,4)5/h12-13,16H,6-11H2,1-5H3,(H2,27,30). The second-order valence-electron chi connectivity index (χ2n) is 10.2. The van der Waals surface area contributed by atoms with Crippen LogP contribution in [0.4, 0.5) is 0 Å². The second-order valence-corrected chi connectivity index (χ2v) is 10.2. The van der Waals surface area contributed by atoms with Gasteiger partial charge in [-0.25, -0.2) is 4.79 Å². The maximum atomic E-state index is 12.8. The third kappa shape index (κ3) is 4.16. The molecule has 1 aliphatic heterocycles. The molecule has 2 N–H and O–H groups in total. The number of carbonyl (C=O) groups is 2. The number of hydrogen-bond donors (Lipinski definition) is 1. The third-order valence-electron chi connectivity index (χ3n) is 6.99. The van der Waals surface area contributed by atoms with Gasteiger partial charge in [-0.1, -0.05) is 20.8 Å². The lowest BCUT2D eigenvalue weighted by Crippen LogP contribution is -2.41. The van der Waals surface area contributed by atoms with Crippen LogP contribution in [0.15, 0.2) is 26.0 Å². The molecule has 0 bridgehead atoms. The number of carbonyl (C=O) groups excluding carboxylic acids is 2. The van der Waals surface area contributed by atoms with Gasteiger partial charge < -0.3 is 19.5 Å². The van der Waals surface area contributed by atoms with Crippen LogP contribution in [0, 0.1) is 19.8 Å². The highest BCUT2D eigenvalue weighted by Crippen LogP contribution is 2.37. The molecule has 176 valence electrons. The number of amides is 2. The molecular formula is C26H32N2O5. The number of likely N-dealkylation sites (tertiary alicyclic amines) is 1. The summed E-state index contributed by atoms with van der Waals surface area (Å²) in [6.07, 6.45) is 3.50. The number of nitrogens with two attached hydrogens (primary N) is 1. The Hall–Kier alpha value is -3.09. The summed E-state index contributed by atoms with van der Waals surface area (Å²) in [6.45, 7) is 11.3. The highest BCUT2D eigenvalue weighted by atomic mass is 16.4. The minimum Gasteiger partial charge on any atom is -0.464 e. The lowest BCUT2D eigenvalue weighted by Gasteiger charge is -2.30. The monoisotopic (exact) mass is 452 g/mol. The van der Waals surface area contributed by atoms with E-state index < -0.39 is 5.63 Å². The summed E-state index contributed by atoms with van der Waals surface area (Å²) in [6, 6.07) is 2.04. The van der Waals surface area contributed by atoms with Crippen molar-refractivity contribution >= 4 is 33.8 Å². The number of nitrogens with zero attached hydrogens (tertiary/aromatic N) is 1. The molecule has 3 heterocycles. The summed E-state index contributed by atoms with van der Waals surface area (Å²) in [7, 11) is 0. The van der Waals surface area contributed by atoms with Gasteiger partial charge in [-0.2, -0.15) is 0 Å². The molecule has 0 unspecified atom stereocenters. The van der Waals surface area contributed by atoms with Crippen LogP contribution in [0.25, 0.3) is 21.9 Å². The van der Waals surface area contributed by atoms with Crippen LogP contribution < -0.4 is 11.4 Å². The van der Waals surface area contributed by atoms with Gasteiger partial charge >= 0.3 is 5.63 Å². The van der Waals surface area contributed by atoms with Gasteiger partial charge in [-0.15, -0.1) is 0 Å². The first-order chi connectivity index (χ1) is 15.5. The number of furan rings is 1. The Bertz CT molecular complexity index is 1300. The van der Waals surface area contributed by atoms with Crippen molar-refractivity contribution in [1.82, 2.24) is 4.90 Å². The first-order valence-corrected chi connectivity index (χ1v) is 11.5. The molecule has 0 radical (unpaired) electrons. The molecule has 0 atom stereocenters. The molecule has 7 heteroatoms. The van der Waals surface area contributed by atoms with Gasteiger partial charge in [0.15, 0.2) is 0 Å². The van der Waals surface area contributed by atoms with Crippen molar-refractivity contribution in [1.29, 1.82) is 0 Å². The molecule has 1 saturated heterocycles. The number of aryl methyl sites for hydroxylation is 2. The van der Waals surface area contributed by atoms with Gasteiger partial charge in [-0.05, 0) is 50.2 Å². The van der Waals surface area contributed by atoms with E-state index in [1.165, 1.54) is 0 Å². The normalized spacial score (nSPS) is 15.5. The van der Waals surface area contributed by atoms with Crippen LogP contribution in [0.3, 0.4) is 0 Å². The lowest BCUT2D eigenvalue weighted by atomic mass is 9.86. The van der Waals surface area contributed by atoms with E-state index in [1.54, 1.807) is 11.2 Å². The van der Waals surface area contributed by atoms with E-state index in [-0.39, 0.29) is 29.6 Å². The fraction of sp³-hybridized carbons (Fsp3) is 0.500. The fourth-order valence-electron chi connectivity index (χ4n) is 4.87. The summed E-state index contributed by atoms with van der Waals surface area (Å²) in [4.78, 5) is 38.7. The zero-order valence-corrected chi connectivity index (χ0v) is 20.0. The molecule has 1 aliphatic rings. The quantitative estimate of drug-likeness (QED) is 0.600. The van der Waals surface area contributed by atoms with Gasteiger partial charge in [0.25, 0.3) is 0 Å². The first kappa shape index (κ1) is 23.1. The van der Waals surface area contributed by atoms with Crippen molar-refractivity contribution in [3.63, 3.8) is 0 Å². The number of piperidine rings is 1. The van der Waals surface area contributed by atoms with E-state index in [0.717, 1.165) is 33.0 Å².